The predicted octanol–water partition coefficient (Wildman–Crippen LogP) is 4.24. The molecule has 1 aliphatic carbocycles. The van der Waals surface area contributed by atoms with Gasteiger partial charge in [0.25, 0.3) is 0 Å². The standard InChI is InChI=1S/C19H22O2/c1-13(2)21-17-8-5-7-15(11-17)19(20)12-16-10-14-6-3-4-9-18(14)16/h3-9,11,13,16,19-20H,10,12H2,1-2H3. The van der Waals surface area contributed by atoms with Crippen LogP contribution in [-0.2, 0) is 6.42 Å². The average Bonchev–Trinajstić information content (AvgIpc) is 2.44. The monoisotopic (exact) mass is 282 g/mol. The van der Waals surface area contributed by atoms with Gasteiger partial charge in [-0.2, -0.15) is 0 Å². The van der Waals surface area contributed by atoms with E-state index in [-0.39, 0.29) is 6.10 Å². The van der Waals surface area contributed by atoms with Gasteiger partial charge in [-0.25, -0.2) is 0 Å². The van der Waals surface area contributed by atoms with Gasteiger partial charge in [0, 0.05) is 0 Å². The number of fused-ring (bicyclic) bond motifs is 1. The van der Waals surface area contributed by atoms with Gasteiger partial charge < -0.3 is 9.84 Å². The van der Waals surface area contributed by atoms with Crippen LogP contribution < -0.4 is 4.74 Å². The molecule has 0 amide bonds. The van der Waals surface area contributed by atoms with Crippen molar-refractivity contribution in [3.63, 3.8) is 0 Å². The van der Waals surface area contributed by atoms with Crippen LogP contribution in [0.5, 0.6) is 5.75 Å². The van der Waals surface area contributed by atoms with Gasteiger partial charge in [0.15, 0.2) is 0 Å². The van der Waals surface area contributed by atoms with Crippen molar-refractivity contribution in [2.45, 2.75) is 44.8 Å². The maximum absolute atomic E-state index is 10.5. The van der Waals surface area contributed by atoms with E-state index in [0.717, 1.165) is 24.2 Å². The molecule has 3 rings (SSSR count). The van der Waals surface area contributed by atoms with Crippen molar-refractivity contribution in [3.8, 4) is 5.75 Å². The fraction of sp³-hybridized carbons (Fsp3) is 0.368. The summed E-state index contributed by atoms with van der Waals surface area (Å²) in [6, 6.07) is 16.3. The molecule has 2 heteroatoms. The Morgan fingerprint density at radius 2 is 1.95 bits per heavy atom. The first kappa shape index (κ1) is 14.2. The largest absolute Gasteiger partial charge is 0.491 e. The number of rotatable bonds is 5. The Bertz CT molecular complexity index is 618. The van der Waals surface area contributed by atoms with Gasteiger partial charge in [0.2, 0.25) is 0 Å². The SMILES string of the molecule is CC(C)Oc1cccc(C(O)CC2Cc3ccccc32)c1. The molecule has 0 saturated carbocycles. The maximum atomic E-state index is 10.5. The Kier molecular flexibility index (Phi) is 3.98. The summed E-state index contributed by atoms with van der Waals surface area (Å²) in [5.74, 6) is 1.31. The van der Waals surface area contributed by atoms with Crippen LogP contribution in [0.25, 0.3) is 0 Å². The molecule has 110 valence electrons. The van der Waals surface area contributed by atoms with Crippen molar-refractivity contribution in [1.82, 2.24) is 0 Å². The lowest BCUT2D eigenvalue weighted by Crippen LogP contribution is -2.19. The second-order valence-electron chi connectivity index (χ2n) is 6.09. The number of ether oxygens (including phenoxy) is 1. The van der Waals surface area contributed by atoms with Crippen molar-refractivity contribution >= 4 is 0 Å². The van der Waals surface area contributed by atoms with E-state index in [1.807, 2.05) is 38.1 Å². The first-order chi connectivity index (χ1) is 10.1. The third kappa shape index (κ3) is 3.11. The van der Waals surface area contributed by atoms with E-state index in [2.05, 4.69) is 24.3 Å². The zero-order chi connectivity index (χ0) is 14.8. The van der Waals surface area contributed by atoms with Gasteiger partial charge in [-0.05, 0) is 61.4 Å². The molecule has 1 aliphatic rings. The third-order valence-electron chi connectivity index (χ3n) is 4.08. The summed E-state index contributed by atoms with van der Waals surface area (Å²) in [5, 5.41) is 10.5. The molecule has 2 aromatic rings. The van der Waals surface area contributed by atoms with E-state index >= 15 is 0 Å². The minimum Gasteiger partial charge on any atom is -0.491 e. The fourth-order valence-corrected chi connectivity index (χ4v) is 3.05. The highest BCUT2D eigenvalue weighted by Crippen LogP contribution is 2.40. The Morgan fingerprint density at radius 1 is 1.14 bits per heavy atom. The highest BCUT2D eigenvalue weighted by molar-refractivity contribution is 5.40. The van der Waals surface area contributed by atoms with Gasteiger partial charge in [0.1, 0.15) is 5.75 Å². The fourth-order valence-electron chi connectivity index (χ4n) is 3.05. The lowest BCUT2D eigenvalue weighted by atomic mass is 9.74. The molecule has 0 fully saturated rings. The molecule has 21 heavy (non-hydrogen) atoms. The number of aliphatic hydroxyl groups excluding tert-OH is 1. The zero-order valence-electron chi connectivity index (χ0n) is 12.6. The molecule has 0 aliphatic heterocycles. The summed E-state index contributed by atoms with van der Waals surface area (Å²) in [5.41, 5.74) is 3.76. The number of hydrogen-bond acceptors (Lipinski definition) is 2. The van der Waals surface area contributed by atoms with Crippen molar-refractivity contribution in [1.29, 1.82) is 0 Å². The molecule has 2 nitrogen and oxygen atoms in total. The lowest BCUT2D eigenvalue weighted by Gasteiger charge is -2.31. The van der Waals surface area contributed by atoms with Crippen LogP contribution in [0, 0.1) is 0 Å². The molecule has 0 spiro atoms. The molecule has 2 aromatic carbocycles. The van der Waals surface area contributed by atoms with Crippen molar-refractivity contribution in [3.05, 3.63) is 65.2 Å². The van der Waals surface area contributed by atoms with Crippen LogP contribution in [0.3, 0.4) is 0 Å². The first-order valence-corrected chi connectivity index (χ1v) is 7.66. The second-order valence-corrected chi connectivity index (χ2v) is 6.09. The minimum absolute atomic E-state index is 0.149. The molecule has 0 saturated heterocycles. The van der Waals surface area contributed by atoms with E-state index in [9.17, 15) is 5.11 Å². The van der Waals surface area contributed by atoms with E-state index in [4.69, 9.17) is 4.74 Å². The van der Waals surface area contributed by atoms with Crippen LogP contribution in [0.2, 0.25) is 0 Å². The van der Waals surface area contributed by atoms with Gasteiger partial charge in [-0.1, -0.05) is 36.4 Å². The van der Waals surface area contributed by atoms with Gasteiger partial charge in [-0.3, -0.25) is 0 Å². The van der Waals surface area contributed by atoms with Crippen molar-refractivity contribution in [2.24, 2.45) is 0 Å². The van der Waals surface area contributed by atoms with E-state index in [1.54, 1.807) is 0 Å². The van der Waals surface area contributed by atoms with E-state index < -0.39 is 6.10 Å². The zero-order valence-corrected chi connectivity index (χ0v) is 12.6. The summed E-state index contributed by atoms with van der Waals surface area (Å²) in [7, 11) is 0. The van der Waals surface area contributed by atoms with E-state index in [0.29, 0.717) is 5.92 Å². The van der Waals surface area contributed by atoms with Crippen molar-refractivity contribution < 1.29 is 9.84 Å². The molecule has 0 radical (unpaired) electrons. The van der Waals surface area contributed by atoms with Crippen LogP contribution in [0.15, 0.2) is 48.5 Å². The minimum atomic E-state index is -0.431. The smallest absolute Gasteiger partial charge is 0.120 e. The average molecular weight is 282 g/mol. The highest BCUT2D eigenvalue weighted by atomic mass is 16.5. The molecule has 1 N–H and O–H groups in total. The Balaban J connectivity index is 1.68. The summed E-state index contributed by atoms with van der Waals surface area (Å²) in [4.78, 5) is 0. The summed E-state index contributed by atoms with van der Waals surface area (Å²) in [6.07, 6.45) is 1.58. The van der Waals surface area contributed by atoms with E-state index in [1.165, 1.54) is 11.1 Å². The number of hydrogen-bond donors (Lipinski definition) is 1. The third-order valence-corrected chi connectivity index (χ3v) is 4.08. The second kappa shape index (κ2) is 5.90. The Morgan fingerprint density at radius 3 is 2.71 bits per heavy atom. The predicted molar refractivity (Wildman–Crippen MR) is 84.7 cm³/mol. The molecular formula is C19H22O2. The van der Waals surface area contributed by atoms with Crippen LogP contribution in [0.4, 0.5) is 0 Å². The van der Waals surface area contributed by atoms with Crippen LogP contribution in [0.1, 0.15) is 49.0 Å². The molecule has 0 bridgehead atoms. The Labute approximate surface area is 126 Å². The Hall–Kier alpha value is -1.80. The summed E-state index contributed by atoms with van der Waals surface area (Å²) >= 11 is 0. The molecule has 2 atom stereocenters. The van der Waals surface area contributed by atoms with Crippen molar-refractivity contribution in [2.75, 3.05) is 0 Å². The molecule has 2 unspecified atom stereocenters. The number of benzene rings is 2. The van der Waals surface area contributed by atoms with Crippen LogP contribution >= 0.6 is 0 Å². The van der Waals surface area contributed by atoms with Crippen LogP contribution in [-0.4, -0.2) is 11.2 Å². The summed E-state index contributed by atoms with van der Waals surface area (Å²) < 4.78 is 5.70. The molecule has 0 aromatic heterocycles. The maximum Gasteiger partial charge on any atom is 0.120 e. The van der Waals surface area contributed by atoms with Gasteiger partial charge in [0.05, 0.1) is 12.2 Å². The van der Waals surface area contributed by atoms with Gasteiger partial charge >= 0.3 is 0 Å². The first-order valence-electron chi connectivity index (χ1n) is 7.66. The summed E-state index contributed by atoms with van der Waals surface area (Å²) in [6.45, 7) is 4.02. The lowest BCUT2D eigenvalue weighted by molar-refractivity contribution is 0.152. The molecule has 0 heterocycles. The van der Waals surface area contributed by atoms with Gasteiger partial charge in [-0.15, -0.1) is 0 Å². The normalized spacial score (nSPS) is 18.0. The quantitative estimate of drug-likeness (QED) is 0.889. The highest BCUT2D eigenvalue weighted by Gasteiger charge is 2.27. The molecular weight excluding hydrogens is 260 g/mol. The topological polar surface area (TPSA) is 29.5 Å². The number of aliphatic hydroxyl groups is 1.